The molecule has 0 unspecified atom stereocenters. The molecule has 0 aliphatic heterocycles. The lowest BCUT2D eigenvalue weighted by molar-refractivity contribution is 1.21. The normalized spacial score (nSPS) is 11.8. The minimum Gasteiger partial charge on any atom is -0.296 e. The van der Waals surface area contributed by atoms with Gasteiger partial charge >= 0.3 is 0 Å². The third kappa shape index (κ3) is 1.99. The molecule has 4 heteroatoms. The van der Waals surface area contributed by atoms with E-state index in [0.717, 1.165) is 0 Å². The molecule has 0 atom stereocenters. The molecule has 4 aromatic rings. The highest BCUT2D eigenvalue weighted by Crippen LogP contribution is 2.50. The Labute approximate surface area is 135 Å². The summed E-state index contributed by atoms with van der Waals surface area (Å²) in [5, 5.41) is 2.53. The first-order valence-corrected chi connectivity index (χ1v) is 9.42. The van der Waals surface area contributed by atoms with Crippen molar-refractivity contribution >= 4 is 40.6 Å². The molecule has 2 heterocycles. The predicted molar refractivity (Wildman–Crippen MR) is 96.9 cm³/mol. The van der Waals surface area contributed by atoms with Gasteiger partial charge in [0.2, 0.25) is 7.58 Å². The summed E-state index contributed by atoms with van der Waals surface area (Å²) < 4.78 is 4.40. The Hall–Kier alpha value is -1.76. The van der Waals surface area contributed by atoms with Gasteiger partial charge in [0.05, 0.1) is 11.0 Å². The van der Waals surface area contributed by atoms with Crippen molar-refractivity contribution in [3.8, 4) is 0 Å². The van der Waals surface area contributed by atoms with Crippen molar-refractivity contribution in [2.45, 2.75) is 13.8 Å². The second-order valence-corrected chi connectivity index (χ2v) is 7.84. The van der Waals surface area contributed by atoms with Crippen LogP contribution in [0.3, 0.4) is 0 Å². The zero-order chi connectivity index (χ0) is 15.3. The highest BCUT2D eigenvalue weighted by molar-refractivity contribution is 7.81. The summed E-state index contributed by atoms with van der Waals surface area (Å²) in [6, 6.07) is 16.9. The van der Waals surface area contributed by atoms with Gasteiger partial charge in [-0.1, -0.05) is 36.4 Å². The molecule has 0 aliphatic rings. The minimum absolute atomic E-state index is 1.02. The molecular formula is C18H16ClN2P. The van der Waals surface area contributed by atoms with E-state index < -0.39 is 7.58 Å². The van der Waals surface area contributed by atoms with Crippen LogP contribution in [0.4, 0.5) is 0 Å². The standard InChI is InChI=1S/C18H16ClN2P/c1-13-11-20(17-9-5-3-7-15(13)17)22(19)21-12-14(2)16-8-4-6-10-18(16)21/h3-12H,1-2H3. The van der Waals surface area contributed by atoms with Gasteiger partial charge < -0.3 is 0 Å². The molecule has 0 spiro atoms. The Bertz CT molecular complexity index is 903. The first kappa shape index (κ1) is 13.9. The quantitative estimate of drug-likeness (QED) is 0.395. The zero-order valence-corrected chi connectivity index (χ0v) is 14.1. The van der Waals surface area contributed by atoms with Crippen LogP contribution in [0.25, 0.3) is 21.8 Å². The van der Waals surface area contributed by atoms with Gasteiger partial charge in [-0.3, -0.25) is 8.68 Å². The molecule has 0 radical (unpaired) electrons. The number of aryl methyl sites for hydroxylation is 2. The molecule has 0 amide bonds. The first-order chi connectivity index (χ1) is 10.7. The van der Waals surface area contributed by atoms with Crippen LogP contribution in [-0.4, -0.2) is 8.68 Å². The van der Waals surface area contributed by atoms with Crippen molar-refractivity contribution in [2.75, 3.05) is 0 Å². The fourth-order valence-electron chi connectivity index (χ4n) is 3.04. The van der Waals surface area contributed by atoms with E-state index in [-0.39, 0.29) is 0 Å². The van der Waals surface area contributed by atoms with Gasteiger partial charge in [0.25, 0.3) is 0 Å². The molecular weight excluding hydrogens is 311 g/mol. The molecule has 110 valence electrons. The third-order valence-corrected chi connectivity index (χ3v) is 6.49. The summed E-state index contributed by atoms with van der Waals surface area (Å²) in [4.78, 5) is 0. The van der Waals surface area contributed by atoms with Crippen LogP contribution in [0.2, 0.25) is 0 Å². The van der Waals surface area contributed by atoms with Gasteiger partial charge in [-0.05, 0) is 48.3 Å². The van der Waals surface area contributed by atoms with Crippen molar-refractivity contribution in [1.82, 2.24) is 8.68 Å². The highest BCUT2D eigenvalue weighted by atomic mass is 35.7. The molecule has 0 fully saturated rings. The SMILES string of the molecule is Cc1cn(P(Cl)n2cc(C)c3ccccc32)c2ccccc12. The lowest BCUT2D eigenvalue weighted by atomic mass is 10.2. The van der Waals surface area contributed by atoms with E-state index in [9.17, 15) is 0 Å². The van der Waals surface area contributed by atoms with Crippen LogP contribution in [0, 0.1) is 13.8 Å². The Morgan fingerprint density at radius 3 is 1.59 bits per heavy atom. The van der Waals surface area contributed by atoms with Gasteiger partial charge in [0, 0.05) is 23.2 Å². The van der Waals surface area contributed by atoms with Crippen LogP contribution in [0.15, 0.2) is 60.9 Å². The fourth-order valence-corrected chi connectivity index (χ4v) is 5.24. The summed E-state index contributed by atoms with van der Waals surface area (Å²) in [5.74, 6) is 0. The van der Waals surface area contributed by atoms with E-state index >= 15 is 0 Å². The molecule has 2 aromatic heterocycles. The summed E-state index contributed by atoms with van der Waals surface area (Å²) in [5.41, 5.74) is 4.90. The lowest BCUT2D eigenvalue weighted by Crippen LogP contribution is -1.94. The minimum atomic E-state index is -1.02. The Morgan fingerprint density at radius 2 is 1.14 bits per heavy atom. The molecule has 0 bridgehead atoms. The summed E-state index contributed by atoms with van der Waals surface area (Å²) in [6.07, 6.45) is 4.32. The van der Waals surface area contributed by atoms with Gasteiger partial charge in [0.1, 0.15) is 0 Å². The molecule has 0 saturated carbocycles. The molecule has 0 aliphatic carbocycles. The first-order valence-electron chi connectivity index (χ1n) is 7.26. The smallest absolute Gasteiger partial charge is 0.206 e. The molecule has 2 nitrogen and oxygen atoms in total. The summed E-state index contributed by atoms with van der Waals surface area (Å²) in [7, 11) is -1.02. The van der Waals surface area contributed by atoms with Crippen LogP contribution in [-0.2, 0) is 0 Å². The van der Waals surface area contributed by atoms with Gasteiger partial charge in [-0.2, -0.15) is 0 Å². The van der Waals surface area contributed by atoms with Crippen LogP contribution in [0.5, 0.6) is 0 Å². The van der Waals surface area contributed by atoms with E-state index in [2.05, 4.69) is 83.4 Å². The van der Waals surface area contributed by atoms with E-state index in [1.807, 2.05) is 0 Å². The van der Waals surface area contributed by atoms with Crippen molar-refractivity contribution in [3.05, 3.63) is 72.1 Å². The van der Waals surface area contributed by atoms with Gasteiger partial charge in [-0.25, -0.2) is 0 Å². The second kappa shape index (κ2) is 5.15. The van der Waals surface area contributed by atoms with E-state index in [0.29, 0.717) is 0 Å². The number of aromatic nitrogens is 2. The van der Waals surface area contributed by atoms with Crippen LogP contribution < -0.4 is 0 Å². The largest absolute Gasteiger partial charge is 0.296 e. The molecule has 4 rings (SSSR count). The Morgan fingerprint density at radius 1 is 0.727 bits per heavy atom. The van der Waals surface area contributed by atoms with Crippen LogP contribution >= 0.6 is 18.8 Å². The van der Waals surface area contributed by atoms with Gasteiger partial charge in [0.15, 0.2) is 0 Å². The molecule has 0 saturated heterocycles. The lowest BCUT2D eigenvalue weighted by Gasteiger charge is -2.15. The van der Waals surface area contributed by atoms with Crippen molar-refractivity contribution < 1.29 is 0 Å². The third-order valence-electron chi connectivity index (χ3n) is 4.14. The van der Waals surface area contributed by atoms with Crippen LogP contribution in [0.1, 0.15) is 11.1 Å². The number of rotatable bonds is 2. The van der Waals surface area contributed by atoms with Crippen molar-refractivity contribution in [1.29, 1.82) is 0 Å². The number of benzene rings is 2. The molecule has 22 heavy (non-hydrogen) atoms. The van der Waals surface area contributed by atoms with E-state index in [1.165, 1.54) is 32.9 Å². The Kier molecular flexibility index (Phi) is 3.25. The highest BCUT2D eigenvalue weighted by Gasteiger charge is 2.17. The van der Waals surface area contributed by atoms with Crippen molar-refractivity contribution in [3.63, 3.8) is 0 Å². The number of para-hydroxylation sites is 2. The molecule has 0 N–H and O–H groups in total. The number of halogens is 1. The maximum atomic E-state index is 6.91. The van der Waals surface area contributed by atoms with Crippen molar-refractivity contribution in [2.24, 2.45) is 0 Å². The number of hydrogen-bond acceptors (Lipinski definition) is 0. The average Bonchev–Trinajstić information content (AvgIpc) is 3.06. The summed E-state index contributed by atoms with van der Waals surface area (Å²) in [6.45, 7) is 4.27. The monoisotopic (exact) mass is 326 g/mol. The topological polar surface area (TPSA) is 9.86 Å². The zero-order valence-electron chi connectivity index (χ0n) is 12.5. The number of fused-ring (bicyclic) bond motifs is 2. The summed E-state index contributed by atoms with van der Waals surface area (Å²) >= 11 is 6.91. The maximum Gasteiger partial charge on any atom is 0.206 e. The molecule has 2 aromatic carbocycles. The number of nitrogens with zero attached hydrogens (tertiary/aromatic N) is 2. The van der Waals surface area contributed by atoms with E-state index in [4.69, 9.17) is 11.2 Å². The second-order valence-electron chi connectivity index (χ2n) is 5.59. The Balaban J connectivity index is 1.94. The predicted octanol–water partition coefficient (Wildman–Crippen LogP) is 6.07. The average molecular weight is 327 g/mol. The maximum absolute atomic E-state index is 6.91. The fraction of sp³-hybridized carbons (Fsp3) is 0.111. The van der Waals surface area contributed by atoms with E-state index in [1.54, 1.807) is 0 Å². The van der Waals surface area contributed by atoms with Gasteiger partial charge in [-0.15, -0.1) is 0 Å². The number of hydrogen-bond donors (Lipinski definition) is 0.